The predicted molar refractivity (Wildman–Crippen MR) is 126 cm³/mol. The summed E-state index contributed by atoms with van der Waals surface area (Å²) in [5, 5.41) is 13.5. The van der Waals surface area contributed by atoms with Crippen LogP contribution < -0.4 is 11.1 Å². The van der Waals surface area contributed by atoms with Crippen molar-refractivity contribution < 1.29 is 29.0 Å². The van der Waals surface area contributed by atoms with Gasteiger partial charge in [-0.05, 0) is 74.2 Å². The quantitative estimate of drug-likeness (QED) is 0.464. The number of fused-ring (bicyclic) bond motifs is 1. The maximum Gasteiger partial charge on any atom is 0.407 e. The van der Waals surface area contributed by atoms with Crippen LogP contribution in [0.1, 0.15) is 51.7 Å². The number of carbonyl (C=O) groups is 3. The van der Waals surface area contributed by atoms with E-state index in [1.807, 2.05) is 43.3 Å². The molecule has 4 N–H and O–H groups in total. The van der Waals surface area contributed by atoms with Gasteiger partial charge in [0.05, 0.1) is 18.8 Å². The van der Waals surface area contributed by atoms with Gasteiger partial charge >= 0.3 is 12.1 Å². The molecular formula is C25H32N2O6. The molecule has 0 aliphatic heterocycles. The summed E-state index contributed by atoms with van der Waals surface area (Å²) in [6.07, 6.45) is 2.12. The Balaban J connectivity index is 2.05. The molecule has 0 aliphatic carbocycles. The summed E-state index contributed by atoms with van der Waals surface area (Å²) < 4.78 is 11.3. The van der Waals surface area contributed by atoms with Crippen LogP contribution in [0.2, 0.25) is 0 Å². The highest BCUT2D eigenvalue weighted by Crippen LogP contribution is 2.20. The Kier molecular flexibility index (Phi) is 8.99. The molecule has 8 nitrogen and oxygen atoms in total. The Morgan fingerprint density at radius 1 is 1.12 bits per heavy atom. The lowest BCUT2D eigenvalue weighted by molar-refractivity contribution is -0.131. The van der Waals surface area contributed by atoms with Gasteiger partial charge in [0.2, 0.25) is 5.91 Å². The fourth-order valence-electron chi connectivity index (χ4n) is 3.20. The second kappa shape index (κ2) is 11.5. The number of carbonyl (C=O) groups excluding carboxylic acids is 2. The van der Waals surface area contributed by atoms with E-state index in [2.05, 4.69) is 5.32 Å². The molecule has 2 amide bonds. The molecule has 0 heterocycles. The minimum atomic E-state index is -0.994. The van der Waals surface area contributed by atoms with Crippen LogP contribution in [0.15, 0.2) is 42.5 Å². The number of carboxylic acid groups (broad SMARTS) is 1. The van der Waals surface area contributed by atoms with Gasteiger partial charge in [-0.1, -0.05) is 24.3 Å². The van der Waals surface area contributed by atoms with E-state index in [9.17, 15) is 14.4 Å². The molecule has 2 rings (SSSR count). The smallest absolute Gasteiger partial charge is 0.407 e. The average Bonchev–Trinajstić information content (AvgIpc) is 2.71. The van der Waals surface area contributed by atoms with Crippen LogP contribution in [0.4, 0.5) is 4.79 Å². The van der Waals surface area contributed by atoms with Crippen LogP contribution in [0.25, 0.3) is 16.8 Å². The Morgan fingerprint density at radius 3 is 2.42 bits per heavy atom. The number of benzene rings is 2. The van der Waals surface area contributed by atoms with Crippen molar-refractivity contribution in [3.05, 3.63) is 53.6 Å². The molecule has 0 spiro atoms. The number of nitrogens with two attached hydrogens (primary N) is 1. The second-order valence-electron chi connectivity index (χ2n) is 8.89. The molecule has 0 unspecified atom stereocenters. The summed E-state index contributed by atoms with van der Waals surface area (Å²) in [5.74, 6) is -1.45. The summed E-state index contributed by atoms with van der Waals surface area (Å²) in [6, 6.07) is 11.1. The predicted octanol–water partition coefficient (Wildman–Crippen LogP) is 4.00. The minimum absolute atomic E-state index is 0.114. The third kappa shape index (κ3) is 9.33. The first-order valence-electron chi connectivity index (χ1n) is 10.8. The highest BCUT2D eigenvalue weighted by molar-refractivity contribution is 5.89. The molecule has 2 aromatic rings. The van der Waals surface area contributed by atoms with Crippen LogP contribution in [0, 0.1) is 0 Å². The number of amides is 2. The normalized spacial score (nSPS) is 13.6. The average molecular weight is 457 g/mol. The maximum atomic E-state index is 12.2. The lowest BCUT2D eigenvalue weighted by atomic mass is 10.0. The first kappa shape index (κ1) is 25.9. The number of carboxylic acids is 1. The second-order valence-corrected chi connectivity index (χ2v) is 8.89. The van der Waals surface area contributed by atoms with E-state index in [4.69, 9.17) is 20.3 Å². The largest absolute Gasteiger partial charge is 0.478 e. The van der Waals surface area contributed by atoms with Crippen molar-refractivity contribution in [2.24, 2.45) is 5.73 Å². The number of primary amides is 1. The van der Waals surface area contributed by atoms with Crippen LogP contribution in [0.3, 0.4) is 0 Å². The SMILES string of the molecule is C[C@@H](OCc1ccc2cc(/C=C/C(=O)O)ccc2c1)[C@H](CCC(N)=O)NC(=O)OC(C)(C)C. The van der Waals surface area contributed by atoms with Crippen molar-refractivity contribution in [1.82, 2.24) is 5.32 Å². The summed E-state index contributed by atoms with van der Waals surface area (Å²) in [6.45, 7) is 7.45. The zero-order chi connectivity index (χ0) is 24.6. The van der Waals surface area contributed by atoms with Crippen molar-refractivity contribution >= 4 is 34.8 Å². The van der Waals surface area contributed by atoms with Gasteiger partial charge in [0.25, 0.3) is 0 Å². The standard InChI is InChI=1S/C25H32N2O6/c1-16(21(10-11-22(26)28)27-24(31)33-25(2,3)4)32-15-18-6-9-19-13-17(7-12-23(29)30)5-8-20(19)14-18/h5-9,12-14,16,21H,10-11,15H2,1-4H3,(H2,26,28)(H,27,31)(H,29,30)/b12-7+/t16-,21+/m1/s1. The lowest BCUT2D eigenvalue weighted by Crippen LogP contribution is -2.45. The highest BCUT2D eigenvalue weighted by atomic mass is 16.6. The van der Waals surface area contributed by atoms with Gasteiger partial charge in [-0.2, -0.15) is 0 Å². The van der Waals surface area contributed by atoms with Crippen LogP contribution in [-0.4, -0.2) is 40.8 Å². The maximum absolute atomic E-state index is 12.2. The molecule has 2 atom stereocenters. The van der Waals surface area contributed by atoms with Gasteiger partial charge in [0.15, 0.2) is 0 Å². The minimum Gasteiger partial charge on any atom is -0.478 e. The van der Waals surface area contributed by atoms with Gasteiger partial charge in [-0.3, -0.25) is 4.79 Å². The number of aliphatic carboxylic acids is 1. The van der Waals surface area contributed by atoms with Crippen molar-refractivity contribution in [3.63, 3.8) is 0 Å². The van der Waals surface area contributed by atoms with E-state index in [1.165, 1.54) is 0 Å². The number of nitrogens with one attached hydrogen (secondary N) is 1. The zero-order valence-electron chi connectivity index (χ0n) is 19.5. The molecule has 178 valence electrons. The fraction of sp³-hybridized carbons (Fsp3) is 0.400. The van der Waals surface area contributed by atoms with Crippen molar-refractivity contribution in [3.8, 4) is 0 Å². The Hall–Kier alpha value is -3.39. The van der Waals surface area contributed by atoms with Crippen molar-refractivity contribution in [2.75, 3.05) is 0 Å². The molecule has 0 saturated carbocycles. The topological polar surface area (TPSA) is 128 Å². The molecule has 0 saturated heterocycles. The fourth-order valence-corrected chi connectivity index (χ4v) is 3.20. The van der Waals surface area contributed by atoms with Crippen LogP contribution in [-0.2, 0) is 25.7 Å². The van der Waals surface area contributed by atoms with Crippen LogP contribution >= 0.6 is 0 Å². The molecule has 8 heteroatoms. The van der Waals surface area contributed by atoms with E-state index in [1.54, 1.807) is 26.8 Å². The van der Waals surface area contributed by atoms with E-state index in [0.717, 1.165) is 28.0 Å². The summed E-state index contributed by atoms with van der Waals surface area (Å²) in [5.41, 5.74) is 6.37. The van der Waals surface area contributed by atoms with E-state index in [0.29, 0.717) is 13.0 Å². The monoisotopic (exact) mass is 456 g/mol. The molecule has 0 fully saturated rings. The van der Waals surface area contributed by atoms with Gasteiger partial charge in [0.1, 0.15) is 5.60 Å². The third-order valence-corrected chi connectivity index (χ3v) is 4.83. The summed E-state index contributed by atoms with van der Waals surface area (Å²) in [7, 11) is 0. The van der Waals surface area contributed by atoms with Gasteiger partial charge in [0, 0.05) is 12.5 Å². The number of ether oxygens (including phenoxy) is 2. The number of hydrogen-bond acceptors (Lipinski definition) is 5. The molecule has 0 aliphatic rings. The number of rotatable bonds is 10. The Labute approximate surface area is 193 Å². The number of alkyl carbamates (subject to hydrolysis) is 1. The third-order valence-electron chi connectivity index (χ3n) is 4.83. The lowest BCUT2D eigenvalue weighted by Gasteiger charge is -2.27. The molecule has 0 bridgehead atoms. The van der Waals surface area contributed by atoms with Gasteiger partial charge < -0.3 is 25.6 Å². The van der Waals surface area contributed by atoms with E-state index >= 15 is 0 Å². The molecule has 33 heavy (non-hydrogen) atoms. The zero-order valence-corrected chi connectivity index (χ0v) is 19.5. The summed E-state index contributed by atoms with van der Waals surface area (Å²) >= 11 is 0. The van der Waals surface area contributed by atoms with Crippen molar-refractivity contribution in [2.45, 2.75) is 64.9 Å². The molecular weight excluding hydrogens is 424 g/mol. The molecule has 0 aromatic heterocycles. The molecule has 2 aromatic carbocycles. The first-order chi connectivity index (χ1) is 15.4. The van der Waals surface area contributed by atoms with Crippen LogP contribution in [0.5, 0.6) is 0 Å². The summed E-state index contributed by atoms with van der Waals surface area (Å²) in [4.78, 5) is 34.2. The molecule has 0 radical (unpaired) electrons. The van der Waals surface area contributed by atoms with Gasteiger partial charge in [-0.25, -0.2) is 9.59 Å². The highest BCUT2D eigenvalue weighted by Gasteiger charge is 2.24. The Bertz CT molecular complexity index is 1030. The Morgan fingerprint density at radius 2 is 1.79 bits per heavy atom. The van der Waals surface area contributed by atoms with Gasteiger partial charge in [-0.15, -0.1) is 0 Å². The first-order valence-corrected chi connectivity index (χ1v) is 10.8. The number of hydrogen-bond donors (Lipinski definition) is 3. The van der Waals surface area contributed by atoms with Crippen molar-refractivity contribution in [1.29, 1.82) is 0 Å². The van der Waals surface area contributed by atoms with E-state index in [-0.39, 0.29) is 6.42 Å². The van der Waals surface area contributed by atoms with E-state index < -0.39 is 35.7 Å².